The van der Waals surface area contributed by atoms with Gasteiger partial charge >= 0.3 is 0 Å². The SMILES string of the molecule is Cc1c(S(=O)(=O)n2cc(C3=CCNC(C)C3)c3ccccc32)cnn1-c1ccccc1. The molecule has 2 aromatic heterocycles. The van der Waals surface area contributed by atoms with Gasteiger partial charge in [0.1, 0.15) is 4.90 Å². The summed E-state index contributed by atoms with van der Waals surface area (Å²) in [6.07, 6.45) is 6.22. The molecule has 1 atom stereocenters. The van der Waals surface area contributed by atoms with Crippen LogP contribution < -0.4 is 5.32 Å². The van der Waals surface area contributed by atoms with Gasteiger partial charge in [0.2, 0.25) is 0 Å². The monoisotopic (exact) mass is 432 g/mol. The molecule has 0 aliphatic carbocycles. The van der Waals surface area contributed by atoms with Crippen LogP contribution in [0.4, 0.5) is 0 Å². The van der Waals surface area contributed by atoms with Crippen molar-refractivity contribution in [1.29, 1.82) is 0 Å². The van der Waals surface area contributed by atoms with Gasteiger partial charge in [-0.2, -0.15) is 5.10 Å². The third-order valence-corrected chi connectivity index (χ3v) is 7.64. The van der Waals surface area contributed by atoms with Gasteiger partial charge in [-0.25, -0.2) is 17.1 Å². The van der Waals surface area contributed by atoms with Crippen LogP contribution in [0.5, 0.6) is 0 Å². The largest absolute Gasteiger partial charge is 0.310 e. The van der Waals surface area contributed by atoms with E-state index >= 15 is 0 Å². The van der Waals surface area contributed by atoms with Gasteiger partial charge in [-0.1, -0.05) is 42.5 Å². The number of hydrogen-bond donors (Lipinski definition) is 1. The maximum Gasteiger partial charge on any atom is 0.271 e. The molecule has 5 rings (SSSR count). The lowest BCUT2D eigenvalue weighted by Crippen LogP contribution is -2.29. The average Bonchev–Trinajstić information content (AvgIpc) is 3.36. The highest BCUT2D eigenvalue weighted by Crippen LogP contribution is 2.33. The van der Waals surface area contributed by atoms with Crippen LogP contribution in [-0.4, -0.2) is 34.8 Å². The van der Waals surface area contributed by atoms with Gasteiger partial charge < -0.3 is 5.32 Å². The minimum Gasteiger partial charge on any atom is -0.310 e. The van der Waals surface area contributed by atoms with Crippen molar-refractivity contribution in [3.63, 3.8) is 0 Å². The van der Waals surface area contributed by atoms with Crippen molar-refractivity contribution in [1.82, 2.24) is 19.1 Å². The Kier molecular flexibility index (Phi) is 4.79. The van der Waals surface area contributed by atoms with Crippen LogP contribution in [0.1, 0.15) is 24.6 Å². The molecule has 31 heavy (non-hydrogen) atoms. The van der Waals surface area contributed by atoms with E-state index in [2.05, 4.69) is 23.4 Å². The lowest BCUT2D eigenvalue weighted by Gasteiger charge is -2.20. The molecule has 3 heterocycles. The lowest BCUT2D eigenvalue weighted by atomic mass is 9.96. The van der Waals surface area contributed by atoms with Gasteiger partial charge in [-0.15, -0.1) is 0 Å². The molecular formula is C24H24N4O2S. The van der Waals surface area contributed by atoms with Crippen molar-refractivity contribution in [2.45, 2.75) is 31.2 Å². The number of para-hydroxylation sites is 2. The molecule has 7 heteroatoms. The summed E-state index contributed by atoms with van der Waals surface area (Å²) in [5.41, 5.74) is 4.23. The predicted molar refractivity (Wildman–Crippen MR) is 123 cm³/mol. The summed E-state index contributed by atoms with van der Waals surface area (Å²) in [6, 6.07) is 17.6. The topological polar surface area (TPSA) is 68.9 Å². The van der Waals surface area contributed by atoms with Crippen molar-refractivity contribution in [3.05, 3.63) is 84.3 Å². The first kappa shape index (κ1) is 19.8. The number of nitrogens with one attached hydrogen (secondary N) is 1. The fourth-order valence-electron chi connectivity index (χ4n) is 4.28. The number of rotatable bonds is 4. The summed E-state index contributed by atoms with van der Waals surface area (Å²) in [6.45, 7) is 4.71. The molecule has 0 amide bonds. The molecule has 4 aromatic rings. The van der Waals surface area contributed by atoms with Crippen LogP contribution in [0.25, 0.3) is 22.2 Å². The van der Waals surface area contributed by atoms with Gasteiger partial charge in [0.15, 0.2) is 0 Å². The van der Waals surface area contributed by atoms with Crippen LogP contribution >= 0.6 is 0 Å². The molecule has 1 aliphatic heterocycles. The Balaban J connectivity index is 1.66. The minimum absolute atomic E-state index is 0.205. The highest BCUT2D eigenvalue weighted by molar-refractivity contribution is 7.90. The van der Waals surface area contributed by atoms with Crippen LogP contribution in [-0.2, 0) is 10.0 Å². The van der Waals surface area contributed by atoms with Crippen molar-refractivity contribution in [3.8, 4) is 5.69 Å². The molecule has 158 valence electrons. The molecule has 1 aliphatic rings. The fourth-order valence-corrected chi connectivity index (χ4v) is 5.79. The first-order valence-electron chi connectivity index (χ1n) is 10.4. The lowest BCUT2D eigenvalue weighted by molar-refractivity contribution is 0.579. The standard InChI is InChI=1S/C24H24N4O2S/c1-17-14-19(12-13-25-17)22-16-27(23-11-7-6-10-21(22)23)31(29,30)24-15-26-28(18(24)2)20-8-4-3-5-9-20/h3-12,15-17,25H,13-14H2,1-2H3. The molecule has 0 spiro atoms. The van der Waals surface area contributed by atoms with Crippen LogP contribution in [0, 0.1) is 6.92 Å². The summed E-state index contributed by atoms with van der Waals surface area (Å²) in [4.78, 5) is 0.205. The highest BCUT2D eigenvalue weighted by atomic mass is 32.2. The first-order chi connectivity index (χ1) is 15.0. The highest BCUT2D eigenvalue weighted by Gasteiger charge is 2.27. The van der Waals surface area contributed by atoms with E-state index < -0.39 is 10.0 Å². The Morgan fingerprint density at radius 3 is 2.58 bits per heavy atom. The zero-order chi connectivity index (χ0) is 21.6. The maximum absolute atomic E-state index is 13.8. The second-order valence-electron chi connectivity index (χ2n) is 7.95. The Labute approximate surface area is 181 Å². The number of benzene rings is 2. The normalized spacial score (nSPS) is 17.1. The fraction of sp³-hybridized carbons (Fsp3) is 0.208. The molecule has 0 bridgehead atoms. The summed E-state index contributed by atoms with van der Waals surface area (Å²) in [7, 11) is -3.82. The zero-order valence-corrected chi connectivity index (χ0v) is 18.3. The molecule has 0 radical (unpaired) electrons. The smallest absolute Gasteiger partial charge is 0.271 e. The molecular weight excluding hydrogens is 408 g/mol. The van der Waals surface area contributed by atoms with E-state index in [-0.39, 0.29) is 4.90 Å². The maximum atomic E-state index is 13.8. The molecule has 0 saturated carbocycles. The van der Waals surface area contributed by atoms with E-state index in [0.717, 1.165) is 29.6 Å². The van der Waals surface area contributed by atoms with E-state index in [4.69, 9.17) is 0 Å². The second kappa shape index (κ2) is 7.51. The van der Waals surface area contributed by atoms with E-state index in [9.17, 15) is 8.42 Å². The van der Waals surface area contributed by atoms with E-state index in [0.29, 0.717) is 17.3 Å². The molecule has 6 nitrogen and oxygen atoms in total. The van der Waals surface area contributed by atoms with Crippen LogP contribution in [0.2, 0.25) is 0 Å². The summed E-state index contributed by atoms with van der Waals surface area (Å²) >= 11 is 0. The number of aromatic nitrogens is 3. The van der Waals surface area contributed by atoms with Gasteiger partial charge in [0.25, 0.3) is 10.0 Å². The summed E-state index contributed by atoms with van der Waals surface area (Å²) < 4.78 is 30.6. The Bertz CT molecular complexity index is 1400. The van der Waals surface area contributed by atoms with E-state index in [1.54, 1.807) is 17.8 Å². The summed E-state index contributed by atoms with van der Waals surface area (Å²) in [5, 5.41) is 8.72. The van der Waals surface area contributed by atoms with Crippen molar-refractivity contribution >= 4 is 26.5 Å². The molecule has 1 N–H and O–H groups in total. The van der Waals surface area contributed by atoms with E-state index in [1.165, 1.54) is 15.7 Å². The minimum atomic E-state index is -3.82. The van der Waals surface area contributed by atoms with Crippen LogP contribution in [0.3, 0.4) is 0 Å². The van der Waals surface area contributed by atoms with Crippen molar-refractivity contribution in [2.75, 3.05) is 6.54 Å². The molecule has 2 aromatic carbocycles. The van der Waals surface area contributed by atoms with Crippen molar-refractivity contribution in [2.24, 2.45) is 0 Å². The molecule has 0 fully saturated rings. The number of fused-ring (bicyclic) bond motifs is 1. The van der Waals surface area contributed by atoms with E-state index in [1.807, 2.05) is 54.6 Å². The van der Waals surface area contributed by atoms with Gasteiger partial charge in [0.05, 0.1) is 23.1 Å². The third-order valence-electron chi connectivity index (χ3n) is 5.87. The molecule has 1 unspecified atom stereocenters. The van der Waals surface area contributed by atoms with Gasteiger partial charge in [-0.05, 0) is 44.0 Å². The number of nitrogens with zero attached hydrogens (tertiary/aromatic N) is 3. The molecule has 0 saturated heterocycles. The first-order valence-corrected chi connectivity index (χ1v) is 11.8. The van der Waals surface area contributed by atoms with Gasteiger partial charge in [0, 0.05) is 29.7 Å². The summed E-state index contributed by atoms with van der Waals surface area (Å²) in [5.74, 6) is 0. The Morgan fingerprint density at radius 1 is 1.06 bits per heavy atom. The predicted octanol–water partition coefficient (Wildman–Crippen LogP) is 4.14. The van der Waals surface area contributed by atoms with Gasteiger partial charge in [-0.3, -0.25) is 0 Å². The number of hydrogen-bond acceptors (Lipinski definition) is 4. The second-order valence-corrected chi connectivity index (χ2v) is 9.73. The zero-order valence-electron chi connectivity index (χ0n) is 17.5. The quantitative estimate of drug-likeness (QED) is 0.526. The Hall–Kier alpha value is -3.16. The van der Waals surface area contributed by atoms with Crippen LogP contribution in [0.15, 0.2) is 78.0 Å². The average molecular weight is 433 g/mol. The van der Waals surface area contributed by atoms with Crippen molar-refractivity contribution < 1.29 is 8.42 Å². The Morgan fingerprint density at radius 2 is 1.81 bits per heavy atom. The third kappa shape index (κ3) is 3.30.